The zero-order valence-corrected chi connectivity index (χ0v) is 10.9. The largest absolute Gasteiger partial charge is 0.586 e. The number of pyridine rings is 1. The molecule has 1 aliphatic heterocycles. The van der Waals surface area contributed by atoms with E-state index < -0.39 is 6.29 Å². The second kappa shape index (κ2) is 4.18. The molecule has 2 aromatic heterocycles. The van der Waals surface area contributed by atoms with Crippen molar-refractivity contribution in [3.63, 3.8) is 0 Å². The van der Waals surface area contributed by atoms with Gasteiger partial charge in [-0.25, -0.2) is 4.98 Å². The summed E-state index contributed by atoms with van der Waals surface area (Å²) in [7, 11) is 0. The summed E-state index contributed by atoms with van der Waals surface area (Å²) in [5, 5.41) is 9.75. The van der Waals surface area contributed by atoms with Crippen LogP contribution in [-0.2, 0) is 0 Å². The van der Waals surface area contributed by atoms with Gasteiger partial charge in [0, 0.05) is 28.9 Å². The lowest BCUT2D eigenvalue weighted by molar-refractivity contribution is -0.286. The van der Waals surface area contributed by atoms with Crippen LogP contribution in [0, 0.1) is 11.3 Å². The predicted octanol–water partition coefficient (Wildman–Crippen LogP) is 3.42. The first-order valence-corrected chi connectivity index (χ1v) is 6.34. The van der Waals surface area contributed by atoms with E-state index in [2.05, 4.69) is 19.4 Å². The summed E-state index contributed by atoms with van der Waals surface area (Å²) < 4.78 is 35.7. The fourth-order valence-corrected chi connectivity index (χ4v) is 2.56. The molecule has 3 aromatic rings. The summed E-state index contributed by atoms with van der Waals surface area (Å²) in [6.45, 7) is 0. The Bertz CT molecular complexity index is 944. The molecule has 7 heteroatoms. The fraction of sp³-hybridized carbons (Fsp3) is 0.0667. The van der Waals surface area contributed by atoms with Gasteiger partial charge in [0.1, 0.15) is 11.8 Å². The van der Waals surface area contributed by atoms with Crippen molar-refractivity contribution in [2.24, 2.45) is 0 Å². The molecular formula is C15H7F2N3O2. The van der Waals surface area contributed by atoms with Crippen LogP contribution in [0.1, 0.15) is 5.69 Å². The molecule has 0 amide bonds. The number of ether oxygens (including phenoxy) is 2. The number of nitrogens with one attached hydrogen (secondary N) is 1. The lowest BCUT2D eigenvalue weighted by Crippen LogP contribution is -2.26. The number of aromatic amines is 1. The predicted molar refractivity (Wildman–Crippen MR) is 72.4 cm³/mol. The first kappa shape index (κ1) is 12.6. The van der Waals surface area contributed by atoms with Crippen LogP contribution in [0.25, 0.3) is 22.0 Å². The van der Waals surface area contributed by atoms with Crippen LogP contribution in [0.15, 0.2) is 36.7 Å². The molecule has 0 atom stereocenters. The highest BCUT2D eigenvalue weighted by Gasteiger charge is 2.44. The maximum Gasteiger partial charge on any atom is 0.586 e. The number of hydrogen-bond acceptors (Lipinski definition) is 4. The minimum absolute atomic E-state index is 0.0424. The molecule has 4 rings (SSSR count). The molecule has 1 aromatic carbocycles. The maximum absolute atomic E-state index is 13.3. The highest BCUT2D eigenvalue weighted by molar-refractivity contribution is 6.00. The quantitative estimate of drug-likeness (QED) is 0.747. The zero-order valence-electron chi connectivity index (χ0n) is 10.9. The lowest BCUT2D eigenvalue weighted by Gasteiger charge is -2.07. The van der Waals surface area contributed by atoms with Gasteiger partial charge in [-0.15, -0.1) is 8.78 Å². The van der Waals surface area contributed by atoms with Crippen LogP contribution in [0.2, 0.25) is 0 Å². The first-order valence-electron chi connectivity index (χ1n) is 6.34. The van der Waals surface area contributed by atoms with Gasteiger partial charge in [0.25, 0.3) is 0 Å². The molecule has 22 heavy (non-hydrogen) atoms. The molecular weight excluding hydrogens is 292 g/mol. The average molecular weight is 299 g/mol. The van der Waals surface area contributed by atoms with Crippen molar-refractivity contribution in [1.82, 2.24) is 9.97 Å². The number of aromatic nitrogens is 2. The normalized spacial score (nSPS) is 15.0. The molecule has 0 unspecified atom stereocenters. The van der Waals surface area contributed by atoms with Gasteiger partial charge in [0.05, 0.1) is 5.52 Å². The van der Waals surface area contributed by atoms with Crippen molar-refractivity contribution in [3.05, 3.63) is 42.4 Å². The van der Waals surface area contributed by atoms with E-state index in [0.29, 0.717) is 22.0 Å². The Balaban J connectivity index is 2.00. The number of alkyl halides is 2. The van der Waals surface area contributed by atoms with Crippen LogP contribution >= 0.6 is 0 Å². The first-order chi connectivity index (χ1) is 10.6. The van der Waals surface area contributed by atoms with Crippen molar-refractivity contribution >= 4 is 10.9 Å². The Morgan fingerprint density at radius 2 is 2.05 bits per heavy atom. The molecule has 0 aliphatic carbocycles. The Kier molecular flexibility index (Phi) is 2.39. The fourth-order valence-electron chi connectivity index (χ4n) is 2.56. The number of hydrogen-bond donors (Lipinski definition) is 1. The van der Waals surface area contributed by atoms with E-state index in [1.807, 2.05) is 6.07 Å². The standard InChI is InChI=1S/C15H7F2N3O2/c16-15(17)21-12-3-1-2-8(14(12)22-15)9-7-20-10-4-5-19-11(6-18)13(9)10/h1-5,7,20H. The van der Waals surface area contributed by atoms with Crippen LogP contribution in [0.4, 0.5) is 8.78 Å². The summed E-state index contributed by atoms with van der Waals surface area (Å²) in [5.74, 6) is -0.0969. The monoisotopic (exact) mass is 299 g/mol. The lowest BCUT2D eigenvalue weighted by atomic mass is 10.0. The van der Waals surface area contributed by atoms with Crippen molar-refractivity contribution < 1.29 is 18.3 Å². The topological polar surface area (TPSA) is 70.9 Å². The van der Waals surface area contributed by atoms with Crippen molar-refractivity contribution in [2.75, 3.05) is 0 Å². The summed E-state index contributed by atoms with van der Waals surface area (Å²) in [4.78, 5) is 7.00. The van der Waals surface area contributed by atoms with Crippen molar-refractivity contribution in [2.45, 2.75) is 6.29 Å². The molecule has 0 saturated carbocycles. The number of H-pyrrole nitrogens is 1. The maximum atomic E-state index is 13.3. The third-order valence-corrected chi connectivity index (χ3v) is 3.42. The zero-order chi connectivity index (χ0) is 15.3. The van der Waals surface area contributed by atoms with Gasteiger partial charge in [0.2, 0.25) is 0 Å². The van der Waals surface area contributed by atoms with Crippen LogP contribution in [-0.4, -0.2) is 16.3 Å². The molecule has 0 fully saturated rings. The van der Waals surface area contributed by atoms with Gasteiger partial charge in [-0.3, -0.25) is 0 Å². The minimum atomic E-state index is -3.69. The van der Waals surface area contributed by atoms with E-state index in [0.717, 1.165) is 0 Å². The van der Waals surface area contributed by atoms with Gasteiger partial charge >= 0.3 is 6.29 Å². The van der Waals surface area contributed by atoms with Crippen LogP contribution in [0.5, 0.6) is 11.5 Å². The number of fused-ring (bicyclic) bond motifs is 2. The highest BCUT2D eigenvalue weighted by Crippen LogP contribution is 2.48. The van der Waals surface area contributed by atoms with Gasteiger partial charge in [-0.05, 0) is 12.1 Å². The number of nitriles is 1. The van der Waals surface area contributed by atoms with Crippen molar-refractivity contribution in [3.8, 4) is 28.7 Å². The van der Waals surface area contributed by atoms with Gasteiger partial charge in [-0.2, -0.15) is 5.26 Å². The second-order valence-corrected chi connectivity index (χ2v) is 4.70. The summed E-state index contributed by atoms with van der Waals surface area (Å²) in [6, 6.07) is 8.31. The summed E-state index contributed by atoms with van der Waals surface area (Å²) >= 11 is 0. The number of rotatable bonds is 1. The third kappa shape index (κ3) is 1.71. The summed E-state index contributed by atoms with van der Waals surface area (Å²) in [5.41, 5.74) is 1.85. The third-order valence-electron chi connectivity index (χ3n) is 3.42. The van der Waals surface area contributed by atoms with E-state index in [-0.39, 0.29) is 17.2 Å². The average Bonchev–Trinajstić information content (AvgIpc) is 3.05. The van der Waals surface area contributed by atoms with E-state index in [4.69, 9.17) is 0 Å². The van der Waals surface area contributed by atoms with E-state index >= 15 is 0 Å². The molecule has 1 N–H and O–H groups in total. The number of nitrogens with zero attached hydrogens (tertiary/aromatic N) is 2. The number of halogens is 2. The van der Waals surface area contributed by atoms with E-state index in [1.165, 1.54) is 12.3 Å². The molecule has 5 nitrogen and oxygen atoms in total. The molecule has 108 valence electrons. The van der Waals surface area contributed by atoms with E-state index in [1.54, 1.807) is 24.4 Å². The van der Waals surface area contributed by atoms with Crippen molar-refractivity contribution in [1.29, 1.82) is 5.26 Å². The summed E-state index contributed by atoms with van der Waals surface area (Å²) in [6.07, 6.45) is -0.562. The SMILES string of the molecule is N#Cc1nccc2[nH]cc(-c3cccc4c3OC(F)(F)O4)c12. The molecule has 3 heterocycles. The Morgan fingerprint density at radius 1 is 1.18 bits per heavy atom. The number of para-hydroxylation sites is 1. The molecule has 0 saturated heterocycles. The Hall–Kier alpha value is -3.14. The Labute approximate surface area is 122 Å². The van der Waals surface area contributed by atoms with Gasteiger partial charge in [0.15, 0.2) is 11.5 Å². The van der Waals surface area contributed by atoms with Gasteiger partial charge < -0.3 is 14.5 Å². The van der Waals surface area contributed by atoms with Crippen LogP contribution < -0.4 is 9.47 Å². The smallest absolute Gasteiger partial charge is 0.395 e. The molecule has 0 bridgehead atoms. The highest BCUT2D eigenvalue weighted by atomic mass is 19.3. The van der Waals surface area contributed by atoms with Crippen LogP contribution in [0.3, 0.4) is 0 Å². The second-order valence-electron chi connectivity index (χ2n) is 4.70. The van der Waals surface area contributed by atoms with Gasteiger partial charge in [-0.1, -0.05) is 12.1 Å². The minimum Gasteiger partial charge on any atom is -0.395 e. The Morgan fingerprint density at radius 3 is 2.86 bits per heavy atom. The number of benzene rings is 1. The molecule has 1 aliphatic rings. The molecule has 0 spiro atoms. The molecule has 0 radical (unpaired) electrons. The van der Waals surface area contributed by atoms with E-state index in [9.17, 15) is 14.0 Å².